The number of benzene rings is 1. The van der Waals surface area contributed by atoms with Gasteiger partial charge >= 0.3 is 5.97 Å². The molecule has 1 aromatic carbocycles. The lowest BCUT2D eigenvalue weighted by Gasteiger charge is -2.35. The molecular formula is C28H35F2N5O4S. The molecule has 2 saturated heterocycles. The first-order valence-corrected chi connectivity index (χ1v) is 14.8. The smallest absolute Gasteiger partial charge is 0.317 e. The van der Waals surface area contributed by atoms with Gasteiger partial charge in [0, 0.05) is 50.9 Å². The highest BCUT2D eigenvalue weighted by atomic mass is 32.2. The Morgan fingerprint density at radius 2 is 1.65 bits per heavy atom. The van der Waals surface area contributed by atoms with Gasteiger partial charge in [0.05, 0.1) is 17.9 Å². The highest BCUT2D eigenvalue weighted by Gasteiger charge is 2.44. The molecule has 0 unspecified atom stereocenters. The lowest BCUT2D eigenvalue weighted by atomic mass is 9.93. The molecule has 3 fully saturated rings. The fourth-order valence-electron chi connectivity index (χ4n) is 5.38. The summed E-state index contributed by atoms with van der Waals surface area (Å²) < 4.78 is 36.5. The quantitative estimate of drug-likeness (QED) is 0.334. The number of piperidine rings is 2. The standard InChI is InChI=1S/C28H35F2N5O4S/c1-2-39-24(36)19-40-32-20-5-6-21(23(18-20)34-14-9-27(7-8-27)10-15-34)25(37)31-35-13-3-4-22(26(35)38)33-16-11-28(29,30)12-17-33/h3-6,13,18,32H,2,7-12,14-17,19H2,1H3,(H,31,37). The largest absolute Gasteiger partial charge is 0.465 e. The van der Waals surface area contributed by atoms with Crippen molar-refractivity contribution in [3.63, 3.8) is 0 Å². The van der Waals surface area contributed by atoms with E-state index in [-0.39, 0.29) is 43.3 Å². The number of hydrogen-bond acceptors (Lipinski definition) is 8. The van der Waals surface area contributed by atoms with Crippen LogP contribution in [0.25, 0.3) is 0 Å². The summed E-state index contributed by atoms with van der Waals surface area (Å²) in [6, 6.07) is 8.58. The Balaban J connectivity index is 1.34. The number of nitrogens with one attached hydrogen (secondary N) is 2. The van der Waals surface area contributed by atoms with Crippen LogP contribution in [0.3, 0.4) is 0 Å². The second-order valence-electron chi connectivity index (χ2n) is 10.8. The third-order valence-corrected chi connectivity index (χ3v) is 8.79. The molecule has 0 bridgehead atoms. The number of alkyl halides is 2. The number of anilines is 3. The van der Waals surface area contributed by atoms with Crippen LogP contribution in [0.2, 0.25) is 0 Å². The van der Waals surface area contributed by atoms with Crippen molar-refractivity contribution in [2.45, 2.75) is 51.4 Å². The van der Waals surface area contributed by atoms with Crippen LogP contribution in [-0.2, 0) is 9.53 Å². The number of pyridine rings is 1. The first-order chi connectivity index (χ1) is 19.2. The van der Waals surface area contributed by atoms with Gasteiger partial charge in [0.1, 0.15) is 11.4 Å². The predicted molar refractivity (Wildman–Crippen MR) is 153 cm³/mol. The van der Waals surface area contributed by atoms with Crippen molar-refractivity contribution in [1.29, 1.82) is 0 Å². The average Bonchev–Trinajstić information content (AvgIpc) is 3.69. The molecular weight excluding hydrogens is 540 g/mol. The number of amides is 1. The van der Waals surface area contributed by atoms with Crippen LogP contribution in [0.15, 0.2) is 41.3 Å². The van der Waals surface area contributed by atoms with E-state index in [4.69, 9.17) is 4.74 Å². The van der Waals surface area contributed by atoms with Crippen molar-refractivity contribution in [3.8, 4) is 0 Å². The zero-order valence-electron chi connectivity index (χ0n) is 22.6. The summed E-state index contributed by atoms with van der Waals surface area (Å²) in [6.45, 7) is 3.88. The highest BCUT2D eigenvalue weighted by molar-refractivity contribution is 8.01. The third-order valence-electron chi connectivity index (χ3n) is 8.03. The first-order valence-electron chi connectivity index (χ1n) is 13.8. The lowest BCUT2D eigenvalue weighted by molar-refractivity contribution is -0.139. The minimum absolute atomic E-state index is 0.0729. The maximum Gasteiger partial charge on any atom is 0.317 e. The molecule has 0 atom stereocenters. The number of carbonyl (C=O) groups is 2. The van der Waals surface area contributed by atoms with Crippen LogP contribution >= 0.6 is 11.9 Å². The molecule has 40 heavy (non-hydrogen) atoms. The molecule has 9 nitrogen and oxygen atoms in total. The number of rotatable bonds is 9. The fourth-order valence-corrected chi connectivity index (χ4v) is 5.95. The summed E-state index contributed by atoms with van der Waals surface area (Å²) in [7, 11) is 0. The van der Waals surface area contributed by atoms with Gasteiger partial charge in [0.15, 0.2) is 0 Å². The number of carbonyl (C=O) groups excluding carboxylic acids is 2. The van der Waals surface area contributed by atoms with Crippen molar-refractivity contribution in [2.24, 2.45) is 5.41 Å². The van der Waals surface area contributed by atoms with Crippen LogP contribution in [0.1, 0.15) is 55.8 Å². The van der Waals surface area contributed by atoms with Gasteiger partial charge in [-0.1, -0.05) is 0 Å². The fraction of sp³-hybridized carbons (Fsp3) is 0.536. The highest BCUT2D eigenvalue weighted by Crippen LogP contribution is 2.54. The van der Waals surface area contributed by atoms with E-state index in [1.54, 1.807) is 36.1 Å². The van der Waals surface area contributed by atoms with Crippen LogP contribution in [0.5, 0.6) is 0 Å². The summed E-state index contributed by atoms with van der Waals surface area (Å²) in [5.74, 6) is -3.34. The Morgan fingerprint density at radius 3 is 2.33 bits per heavy atom. The Labute approximate surface area is 236 Å². The van der Waals surface area contributed by atoms with E-state index in [9.17, 15) is 23.2 Å². The molecule has 1 amide bonds. The molecule has 1 saturated carbocycles. The monoisotopic (exact) mass is 575 g/mol. The summed E-state index contributed by atoms with van der Waals surface area (Å²) in [4.78, 5) is 42.3. The van der Waals surface area contributed by atoms with Crippen molar-refractivity contribution in [1.82, 2.24) is 4.68 Å². The minimum Gasteiger partial charge on any atom is -0.465 e. The van der Waals surface area contributed by atoms with Crippen molar-refractivity contribution in [2.75, 3.05) is 58.5 Å². The molecule has 2 aromatic rings. The zero-order valence-corrected chi connectivity index (χ0v) is 23.4. The number of ether oxygens (including phenoxy) is 1. The number of aromatic nitrogens is 1. The summed E-state index contributed by atoms with van der Waals surface area (Å²) >= 11 is 1.21. The van der Waals surface area contributed by atoms with Gasteiger partial charge in [-0.05, 0) is 80.3 Å². The van der Waals surface area contributed by atoms with E-state index < -0.39 is 17.4 Å². The number of nitrogens with zero attached hydrogens (tertiary/aromatic N) is 3. The van der Waals surface area contributed by atoms with E-state index in [0.29, 0.717) is 17.6 Å². The molecule has 5 rings (SSSR count). The Morgan fingerprint density at radius 1 is 0.975 bits per heavy atom. The SMILES string of the molecule is CCOC(=O)CSNc1ccc(C(=O)Nn2cccc(N3CCC(F)(F)CC3)c2=O)c(N2CCC3(CC2)CC3)c1. The second-order valence-corrected chi connectivity index (χ2v) is 11.5. The summed E-state index contributed by atoms with van der Waals surface area (Å²) in [5, 5.41) is 0. The van der Waals surface area contributed by atoms with Gasteiger partial charge in [-0.2, -0.15) is 0 Å². The molecule has 3 heterocycles. The minimum atomic E-state index is -2.72. The average molecular weight is 576 g/mol. The van der Waals surface area contributed by atoms with Gasteiger partial charge < -0.3 is 19.3 Å². The number of halogens is 2. The maximum absolute atomic E-state index is 13.6. The molecule has 1 aromatic heterocycles. The van der Waals surface area contributed by atoms with Crippen LogP contribution in [0, 0.1) is 5.41 Å². The summed E-state index contributed by atoms with van der Waals surface area (Å²) in [5.41, 5.74) is 4.88. The molecule has 2 N–H and O–H groups in total. The maximum atomic E-state index is 13.6. The van der Waals surface area contributed by atoms with Crippen molar-refractivity contribution in [3.05, 3.63) is 52.4 Å². The van der Waals surface area contributed by atoms with Crippen LogP contribution in [-0.4, -0.2) is 61.0 Å². The van der Waals surface area contributed by atoms with Gasteiger partial charge in [-0.15, -0.1) is 0 Å². The van der Waals surface area contributed by atoms with E-state index in [2.05, 4.69) is 15.0 Å². The first kappa shape index (κ1) is 28.3. The Kier molecular flexibility index (Phi) is 8.25. The lowest BCUT2D eigenvalue weighted by Crippen LogP contribution is -2.43. The zero-order chi connectivity index (χ0) is 28.3. The normalized spacial score (nSPS) is 19.3. The molecule has 1 aliphatic carbocycles. The van der Waals surface area contributed by atoms with Crippen molar-refractivity contribution >= 4 is 40.9 Å². The number of esters is 1. The van der Waals surface area contributed by atoms with E-state index in [1.165, 1.54) is 31.0 Å². The molecule has 3 aliphatic rings. The van der Waals surface area contributed by atoms with Gasteiger partial charge in [0.2, 0.25) is 0 Å². The van der Waals surface area contributed by atoms with E-state index in [1.807, 2.05) is 6.07 Å². The van der Waals surface area contributed by atoms with Crippen LogP contribution < -0.4 is 25.5 Å². The van der Waals surface area contributed by atoms with Gasteiger partial charge in [0.25, 0.3) is 17.4 Å². The van der Waals surface area contributed by atoms with Crippen LogP contribution in [0.4, 0.5) is 25.8 Å². The van der Waals surface area contributed by atoms with Gasteiger partial charge in [-0.25, -0.2) is 13.5 Å². The Bertz CT molecular complexity index is 1300. The Hall–Kier alpha value is -3.28. The third kappa shape index (κ3) is 6.54. The topological polar surface area (TPSA) is 95.9 Å². The molecule has 1 spiro atoms. The van der Waals surface area contributed by atoms with E-state index in [0.717, 1.165) is 42.0 Å². The predicted octanol–water partition coefficient (Wildman–Crippen LogP) is 4.47. The second kappa shape index (κ2) is 11.7. The molecule has 216 valence electrons. The van der Waals surface area contributed by atoms with Crippen molar-refractivity contribution < 1.29 is 23.1 Å². The molecule has 2 aliphatic heterocycles. The molecule has 12 heteroatoms. The molecule has 0 radical (unpaired) electrons. The number of hydrogen-bond donors (Lipinski definition) is 2. The van der Waals surface area contributed by atoms with Gasteiger partial charge in [-0.3, -0.25) is 19.8 Å². The summed E-state index contributed by atoms with van der Waals surface area (Å²) in [6.07, 6.45) is 5.49. The van der Waals surface area contributed by atoms with E-state index >= 15 is 0 Å².